The summed E-state index contributed by atoms with van der Waals surface area (Å²) < 4.78 is 5.16. The van der Waals surface area contributed by atoms with E-state index in [1.165, 1.54) is 35.1 Å². The number of carbonyl (C=O) groups excluding carboxylic acids is 2. The third-order valence-electron chi connectivity index (χ3n) is 7.41. The molecule has 2 fully saturated rings. The second kappa shape index (κ2) is 8.48. The minimum absolute atomic E-state index is 0.0827. The van der Waals surface area contributed by atoms with Gasteiger partial charge in [-0.05, 0) is 42.9 Å². The lowest BCUT2D eigenvalue weighted by Crippen LogP contribution is -2.61. The van der Waals surface area contributed by atoms with Gasteiger partial charge in [0.25, 0.3) is 11.6 Å². The first-order valence-corrected chi connectivity index (χ1v) is 13.4. The number of nitro groups is 1. The number of nitrogens with one attached hydrogen (secondary N) is 1. The molecule has 0 unspecified atom stereocenters. The van der Waals surface area contributed by atoms with Crippen molar-refractivity contribution in [3.8, 4) is 0 Å². The van der Waals surface area contributed by atoms with Crippen molar-refractivity contribution in [1.82, 2.24) is 9.80 Å². The molecule has 3 atom stereocenters. The van der Waals surface area contributed by atoms with Crippen LogP contribution in [0.3, 0.4) is 0 Å². The van der Waals surface area contributed by atoms with E-state index in [2.05, 4.69) is 21.2 Å². The third kappa shape index (κ3) is 3.22. The van der Waals surface area contributed by atoms with Crippen LogP contribution in [0.4, 0.5) is 11.4 Å². The molecule has 2 spiro atoms. The fourth-order valence-electron chi connectivity index (χ4n) is 5.94. The van der Waals surface area contributed by atoms with E-state index in [0.29, 0.717) is 33.4 Å². The second-order valence-electron chi connectivity index (χ2n) is 9.21. The first kappa shape index (κ1) is 24.3. The van der Waals surface area contributed by atoms with Crippen molar-refractivity contribution in [1.29, 1.82) is 0 Å². The van der Waals surface area contributed by atoms with E-state index in [-0.39, 0.29) is 24.0 Å². The maximum absolute atomic E-state index is 14.6. The van der Waals surface area contributed by atoms with Gasteiger partial charge in [-0.15, -0.1) is 0 Å². The van der Waals surface area contributed by atoms with Crippen LogP contribution in [0.25, 0.3) is 0 Å². The summed E-state index contributed by atoms with van der Waals surface area (Å²) in [6.07, 6.45) is 1.52. The molecule has 188 valence electrons. The van der Waals surface area contributed by atoms with Crippen LogP contribution in [-0.4, -0.2) is 49.2 Å². The molecule has 37 heavy (non-hydrogen) atoms. The van der Waals surface area contributed by atoms with Gasteiger partial charge in [-0.3, -0.25) is 29.5 Å². The van der Waals surface area contributed by atoms with Crippen LogP contribution in [0.5, 0.6) is 0 Å². The number of thioether (sulfide) groups is 1. The van der Waals surface area contributed by atoms with Gasteiger partial charge in [-0.1, -0.05) is 52.0 Å². The molecule has 0 aliphatic carbocycles. The Bertz CT molecular complexity index is 1500. The van der Waals surface area contributed by atoms with Gasteiger partial charge in [0.05, 0.1) is 17.7 Å². The van der Waals surface area contributed by atoms with Crippen LogP contribution in [0.15, 0.2) is 69.8 Å². The minimum Gasteiger partial charge on any atom is -0.467 e. The molecule has 2 amide bonds. The Morgan fingerprint density at radius 3 is 2.78 bits per heavy atom. The van der Waals surface area contributed by atoms with E-state index in [4.69, 9.17) is 16.6 Å². The van der Waals surface area contributed by atoms with Crippen LogP contribution in [-0.2, 0) is 21.7 Å². The standard InChI is InChI=1S/C25H19BrN4O5S2/c1-28-13-19(14-4-2-5-16(10-14)30(33)34)25(22(32)29(23(36)37-25)12-17-6-3-9-35-17)24(28)18-11-15(26)7-8-20(18)27-21(24)31/h2-11,19H,12-13H2,1H3,(H,27,31)/t19-,24+,25+/m1/s1. The Balaban J connectivity index is 1.60. The number of likely N-dealkylation sites (N-methyl/N-ethyl adjacent to an activating group) is 1. The molecule has 6 rings (SSSR count). The summed E-state index contributed by atoms with van der Waals surface area (Å²) >= 11 is 10.5. The highest BCUT2D eigenvalue weighted by molar-refractivity contribution is 9.10. The van der Waals surface area contributed by atoms with Crippen LogP contribution in [0.2, 0.25) is 0 Å². The highest BCUT2D eigenvalue weighted by Crippen LogP contribution is 2.66. The number of carbonyl (C=O) groups is 2. The highest BCUT2D eigenvalue weighted by atomic mass is 79.9. The molecule has 1 aromatic heterocycles. The Morgan fingerprint density at radius 1 is 1.24 bits per heavy atom. The van der Waals surface area contributed by atoms with Gasteiger partial charge in [0, 0.05) is 40.3 Å². The van der Waals surface area contributed by atoms with Gasteiger partial charge in [-0.25, -0.2) is 0 Å². The SMILES string of the molecule is CN1C[C@H](c2cccc([N+](=O)[O-])c2)[C@@]2(SC(=S)N(Cc3ccco3)C2=O)[C@]12C(=O)Nc1ccc(Br)cc12. The fraction of sp³-hybridized carbons (Fsp3) is 0.240. The predicted octanol–water partition coefficient (Wildman–Crippen LogP) is 4.63. The van der Waals surface area contributed by atoms with E-state index in [1.807, 2.05) is 17.0 Å². The topological polar surface area (TPSA) is 109 Å². The molecule has 12 heteroatoms. The van der Waals surface area contributed by atoms with Gasteiger partial charge in [0.1, 0.15) is 14.8 Å². The monoisotopic (exact) mass is 598 g/mol. The Hall–Kier alpha value is -3.06. The molecular formula is C25H19BrN4O5S2. The number of amides is 2. The van der Waals surface area contributed by atoms with Crippen LogP contribution < -0.4 is 5.32 Å². The van der Waals surface area contributed by atoms with E-state index < -0.39 is 21.1 Å². The molecule has 2 aromatic carbocycles. The molecule has 2 saturated heterocycles. The number of halogens is 1. The highest BCUT2D eigenvalue weighted by Gasteiger charge is 2.77. The van der Waals surface area contributed by atoms with Crippen LogP contribution in [0.1, 0.15) is 22.8 Å². The number of benzene rings is 2. The van der Waals surface area contributed by atoms with Crippen molar-refractivity contribution in [2.75, 3.05) is 18.9 Å². The molecule has 9 nitrogen and oxygen atoms in total. The molecule has 1 N–H and O–H groups in total. The number of fused-ring (bicyclic) bond motifs is 3. The van der Waals surface area contributed by atoms with Gasteiger partial charge in [-0.2, -0.15) is 0 Å². The summed E-state index contributed by atoms with van der Waals surface area (Å²) in [5, 5.41) is 14.6. The Morgan fingerprint density at radius 2 is 2.05 bits per heavy atom. The fourth-order valence-corrected chi connectivity index (χ4v) is 8.43. The number of non-ortho nitro benzene ring substituents is 1. The molecule has 4 heterocycles. The summed E-state index contributed by atoms with van der Waals surface area (Å²) in [6, 6.07) is 15.3. The summed E-state index contributed by atoms with van der Waals surface area (Å²) in [4.78, 5) is 43.2. The second-order valence-corrected chi connectivity index (χ2v) is 12.0. The first-order valence-electron chi connectivity index (χ1n) is 11.3. The number of likely N-dealkylation sites (tertiary alicyclic amines) is 1. The average Bonchev–Trinajstić information content (AvgIpc) is 3.60. The largest absolute Gasteiger partial charge is 0.467 e. The Kier molecular flexibility index (Phi) is 5.57. The number of hydrogen-bond acceptors (Lipinski definition) is 8. The quantitative estimate of drug-likeness (QED) is 0.263. The van der Waals surface area contributed by atoms with Crippen LogP contribution in [0, 0.1) is 10.1 Å². The predicted molar refractivity (Wildman–Crippen MR) is 145 cm³/mol. The number of hydrogen-bond donors (Lipinski definition) is 1. The number of anilines is 1. The van der Waals surface area contributed by atoms with Gasteiger partial charge in [0.2, 0.25) is 5.91 Å². The lowest BCUT2D eigenvalue weighted by Gasteiger charge is -2.41. The zero-order valence-electron chi connectivity index (χ0n) is 19.3. The van der Waals surface area contributed by atoms with Crippen molar-refractivity contribution in [2.45, 2.75) is 22.7 Å². The number of nitro benzene ring substituents is 1. The van der Waals surface area contributed by atoms with Crippen molar-refractivity contribution >= 4 is 67.4 Å². The van der Waals surface area contributed by atoms with Crippen molar-refractivity contribution in [3.63, 3.8) is 0 Å². The molecule has 3 aliphatic heterocycles. The number of furan rings is 1. The summed E-state index contributed by atoms with van der Waals surface area (Å²) in [5.41, 5.74) is 0.373. The van der Waals surface area contributed by atoms with E-state index in [9.17, 15) is 19.7 Å². The molecule has 0 saturated carbocycles. The van der Waals surface area contributed by atoms with Gasteiger partial charge >= 0.3 is 0 Å². The lowest BCUT2D eigenvalue weighted by molar-refractivity contribution is -0.384. The molecule has 0 radical (unpaired) electrons. The maximum atomic E-state index is 14.6. The maximum Gasteiger partial charge on any atom is 0.269 e. The average molecular weight is 599 g/mol. The minimum atomic E-state index is -1.42. The van der Waals surface area contributed by atoms with Gasteiger partial charge in [0.15, 0.2) is 5.54 Å². The number of nitrogens with zero attached hydrogens (tertiary/aromatic N) is 3. The lowest BCUT2D eigenvalue weighted by atomic mass is 9.72. The molecule has 3 aromatic rings. The van der Waals surface area contributed by atoms with Crippen molar-refractivity contribution in [2.24, 2.45) is 0 Å². The van der Waals surface area contributed by atoms with E-state index in [0.717, 1.165) is 4.47 Å². The van der Waals surface area contributed by atoms with Crippen LogP contribution >= 0.6 is 39.9 Å². The first-order chi connectivity index (χ1) is 17.7. The molecule has 0 bridgehead atoms. The number of thiocarbonyl (C=S) groups is 1. The zero-order chi connectivity index (χ0) is 26.1. The number of rotatable bonds is 4. The smallest absolute Gasteiger partial charge is 0.269 e. The summed E-state index contributed by atoms with van der Waals surface area (Å²) in [6.45, 7) is 0.421. The molecular weight excluding hydrogens is 580 g/mol. The zero-order valence-corrected chi connectivity index (χ0v) is 22.6. The van der Waals surface area contributed by atoms with E-state index in [1.54, 1.807) is 37.4 Å². The normalized spacial score (nSPS) is 26.9. The Labute approximate surface area is 229 Å². The van der Waals surface area contributed by atoms with Crippen molar-refractivity contribution < 1.29 is 18.9 Å². The molecule has 3 aliphatic rings. The van der Waals surface area contributed by atoms with Gasteiger partial charge < -0.3 is 9.73 Å². The van der Waals surface area contributed by atoms with E-state index >= 15 is 0 Å². The summed E-state index contributed by atoms with van der Waals surface area (Å²) in [7, 11) is 1.81. The summed E-state index contributed by atoms with van der Waals surface area (Å²) in [5.74, 6) is -0.688. The third-order valence-corrected chi connectivity index (χ3v) is 9.85. The van der Waals surface area contributed by atoms with Crippen molar-refractivity contribution in [3.05, 3.63) is 92.3 Å².